The van der Waals surface area contributed by atoms with Crippen molar-refractivity contribution >= 4 is 11.9 Å². The third kappa shape index (κ3) is 5.95. The SMILES string of the molecule is CCCCC(CC)CC(OC(=O)c1ccccc1C(=O)O)c1ccccc1. The third-order valence-electron chi connectivity index (χ3n) is 4.89. The molecule has 0 aliphatic rings. The van der Waals surface area contributed by atoms with Crippen LogP contribution in [0.25, 0.3) is 0 Å². The normalized spacial score (nSPS) is 13.0. The summed E-state index contributed by atoms with van der Waals surface area (Å²) in [5.41, 5.74) is 0.994. The lowest BCUT2D eigenvalue weighted by Crippen LogP contribution is -2.17. The number of hydrogen-bond donors (Lipinski definition) is 1. The van der Waals surface area contributed by atoms with E-state index in [0.717, 1.165) is 37.7 Å². The average Bonchev–Trinajstić information content (AvgIpc) is 2.70. The van der Waals surface area contributed by atoms with Gasteiger partial charge in [-0.25, -0.2) is 9.59 Å². The molecular formula is C23H28O4. The number of ether oxygens (including phenoxy) is 1. The summed E-state index contributed by atoms with van der Waals surface area (Å²) in [5.74, 6) is -1.27. The third-order valence-corrected chi connectivity index (χ3v) is 4.89. The summed E-state index contributed by atoms with van der Waals surface area (Å²) in [6.45, 7) is 4.33. The number of esters is 1. The summed E-state index contributed by atoms with van der Waals surface area (Å²) < 4.78 is 5.82. The minimum atomic E-state index is -1.13. The van der Waals surface area contributed by atoms with E-state index in [2.05, 4.69) is 13.8 Å². The number of aromatic carboxylic acids is 1. The van der Waals surface area contributed by atoms with Gasteiger partial charge in [0.25, 0.3) is 0 Å². The molecule has 0 fully saturated rings. The molecule has 0 aromatic heterocycles. The fourth-order valence-corrected chi connectivity index (χ4v) is 3.24. The van der Waals surface area contributed by atoms with E-state index in [0.29, 0.717) is 5.92 Å². The second-order valence-corrected chi connectivity index (χ2v) is 6.81. The Morgan fingerprint density at radius 3 is 2.19 bits per heavy atom. The fourth-order valence-electron chi connectivity index (χ4n) is 3.24. The van der Waals surface area contributed by atoms with Gasteiger partial charge in [0.1, 0.15) is 6.10 Å². The Balaban J connectivity index is 2.24. The van der Waals surface area contributed by atoms with Crippen LogP contribution in [0.5, 0.6) is 0 Å². The first-order valence-electron chi connectivity index (χ1n) is 9.65. The first kappa shape index (κ1) is 20.7. The van der Waals surface area contributed by atoms with E-state index in [1.807, 2.05) is 30.3 Å². The molecule has 0 saturated carbocycles. The molecule has 2 atom stereocenters. The molecule has 2 rings (SSSR count). The predicted octanol–water partition coefficient (Wildman–Crippen LogP) is 5.89. The number of hydrogen-bond acceptors (Lipinski definition) is 3. The van der Waals surface area contributed by atoms with Gasteiger partial charge in [-0.1, -0.05) is 82.0 Å². The number of carbonyl (C=O) groups is 2. The highest BCUT2D eigenvalue weighted by atomic mass is 16.5. The van der Waals surface area contributed by atoms with Gasteiger partial charge < -0.3 is 9.84 Å². The topological polar surface area (TPSA) is 63.6 Å². The lowest BCUT2D eigenvalue weighted by molar-refractivity contribution is 0.0224. The summed E-state index contributed by atoms with van der Waals surface area (Å²) in [5, 5.41) is 9.34. The summed E-state index contributed by atoms with van der Waals surface area (Å²) >= 11 is 0. The summed E-state index contributed by atoms with van der Waals surface area (Å²) in [7, 11) is 0. The number of carboxylic acids is 1. The molecule has 144 valence electrons. The van der Waals surface area contributed by atoms with Crippen LogP contribution in [0.1, 0.15) is 78.3 Å². The van der Waals surface area contributed by atoms with Crippen molar-refractivity contribution in [2.45, 2.75) is 52.1 Å². The molecule has 0 saturated heterocycles. The standard InChI is InChI=1S/C23H28O4/c1-3-5-11-17(4-2)16-21(18-12-7-6-8-13-18)27-23(26)20-15-10-9-14-19(20)22(24)25/h6-10,12-15,17,21H,3-5,11,16H2,1-2H3,(H,24,25). The number of carbonyl (C=O) groups excluding carboxylic acids is 1. The lowest BCUT2D eigenvalue weighted by atomic mass is 9.90. The second kappa shape index (κ2) is 10.5. The zero-order valence-corrected chi connectivity index (χ0v) is 16.1. The van der Waals surface area contributed by atoms with E-state index in [1.54, 1.807) is 12.1 Å². The van der Waals surface area contributed by atoms with Crippen LogP contribution in [0, 0.1) is 5.92 Å². The first-order valence-corrected chi connectivity index (χ1v) is 9.65. The largest absolute Gasteiger partial charge is 0.478 e. The lowest BCUT2D eigenvalue weighted by Gasteiger charge is -2.24. The molecule has 0 amide bonds. The fraction of sp³-hybridized carbons (Fsp3) is 0.391. The maximum Gasteiger partial charge on any atom is 0.339 e. The molecule has 2 unspecified atom stereocenters. The van der Waals surface area contributed by atoms with Crippen molar-refractivity contribution in [3.05, 3.63) is 71.3 Å². The highest BCUT2D eigenvalue weighted by Crippen LogP contribution is 2.30. The molecule has 0 aliphatic carbocycles. The van der Waals surface area contributed by atoms with Crippen molar-refractivity contribution in [1.82, 2.24) is 0 Å². The Bertz CT molecular complexity index is 739. The van der Waals surface area contributed by atoms with Gasteiger partial charge in [0, 0.05) is 0 Å². The molecule has 0 radical (unpaired) electrons. The minimum absolute atomic E-state index is 0.0349. The van der Waals surface area contributed by atoms with Crippen LogP contribution in [0.2, 0.25) is 0 Å². The van der Waals surface area contributed by atoms with Gasteiger partial charge in [0.15, 0.2) is 0 Å². The first-order chi connectivity index (χ1) is 13.1. The van der Waals surface area contributed by atoms with Gasteiger partial charge in [-0.05, 0) is 30.0 Å². The van der Waals surface area contributed by atoms with Crippen molar-refractivity contribution in [3.63, 3.8) is 0 Å². The smallest absolute Gasteiger partial charge is 0.339 e. The van der Waals surface area contributed by atoms with Crippen molar-refractivity contribution in [2.24, 2.45) is 5.92 Å². The van der Waals surface area contributed by atoms with Crippen molar-refractivity contribution < 1.29 is 19.4 Å². The van der Waals surface area contributed by atoms with E-state index in [4.69, 9.17) is 4.74 Å². The molecule has 0 bridgehead atoms. The minimum Gasteiger partial charge on any atom is -0.478 e. The quantitative estimate of drug-likeness (QED) is 0.531. The molecule has 4 heteroatoms. The number of unbranched alkanes of at least 4 members (excludes halogenated alkanes) is 1. The highest BCUT2D eigenvalue weighted by molar-refractivity contribution is 6.02. The molecule has 4 nitrogen and oxygen atoms in total. The molecule has 27 heavy (non-hydrogen) atoms. The molecular weight excluding hydrogens is 340 g/mol. The van der Waals surface area contributed by atoms with Crippen LogP contribution in [-0.4, -0.2) is 17.0 Å². The monoisotopic (exact) mass is 368 g/mol. The average molecular weight is 368 g/mol. The Labute approximate surface area is 161 Å². The van der Waals surface area contributed by atoms with Crippen LogP contribution in [0.15, 0.2) is 54.6 Å². The van der Waals surface area contributed by atoms with Gasteiger partial charge in [0.2, 0.25) is 0 Å². The van der Waals surface area contributed by atoms with E-state index in [1.165, 1.54) is 12.1 Å². The maximum atomic E-state index is 12.8. The Kier molecular flexibility index (Phi) is 8.05. The van der Waals surface area contributed by atoms with E-state index in [-0.39, 0.29) is 17.2 Å². The predicted molar refractivity (Wildman–Crippen MR) is 106 cm³/mol. The molecule has 0 aliphatic heterocycles. The van der Waals surface area contributed by atoms with Gasteiger partial charge in [-0.2, -0.15) is 0 Å². The molecule has 2 aromatic rings. The summed E-state index contributed by atoms with van der Waals surface area (Å²) in [6.07, 6.45) is 4.75. The molecule has 0 heterocycles. The van der Waals surface area contributed by atoms with Crippen LogP contribution in [0.3, 0.4) is 0 Å². The zero-order valence-electron chi connectivity index (χ0n) is 16.1. The Hall–Kier alpha value is -2.62. The zero-order chi connectivity index (χ0) is 19.6. The maximum absolute atomic E-state index is 12.8. The highest BCUT2D eigenvalue weighted by Gasteiger charge is 2.24. The number of rotatable bonds is 10. The molecule has 0 spiro atoms. The van der Waals surface area contributed by atoms with Crippen molar-refractivity contribution in [1.29, 1.82) is 0 Å². The van der Waals surface area contributed by atoms with Crippen molar-refractivity contribution in [2.75, 3.05) is 0 Å². The van der Waals surface area contributed by atoms with Gasteiger partial charge >= 0.3 is 11.9 Å². The van der Waals surface area contributed by atoms with Gasteiger partial charge in [-0.3, -0.25) is 0 Å². The number of carboxylic acid groups (broad SMARTS) is 1. The van der Waals surface area contributed by atoms with Crippen LogP contribution in [0.4, 0.5) is 0 Å². The van der Waals surface area contributed by atoms with E-state index >= 15 is 0 Å². The van der Waals surface area contributed by atoms with Crippen molar-refractivity contribution in [3.8, 4) is 0 Å². The van der Waals surface area contributed by atoms with Gasteiger partial charge in [-0.15, -0.1) is 0 Å². The Morgan fingerprint density at radius 1 is 0.963 bits per heavy atom. The second-order valence-electron chi connectivity index (χ2n) is 6.81. The summed E-state index contributed by atoms with van der Waals surface area (Å²) in [6, 6.07) is 15.9. The van der Waals surface area contributed by atoms with Crippen LogP contribution < -0.4 is 0 Å². The number of benzene rings is 2. The van der Waals surface area contributed by atoms with Gasteiger partial charge in [0.05, 0.1) is 11.1 Å². The summed E-state index contributed by atoms with van der Waals surface area (Å²) in [4.78, 5) is 24.2. The molecule has 2 aromatic carbocycles. The van der Waals surface area contributed by atoms with E-state index < -0.39 is 11.9 Å². The van der Waals surface area contributed by atoms with E-state index in [9.17, 15) is 14.7 Å². The Morgan fingerprint density at radius 2 is 1.59 bits per heavy atom. The van der Waals surface area contributed by atoms with Crippen LogP contribution >= 0.6 is 0 Å². The molecule has 1 N–H and O–H groups in total. The van der Waals surface area contributed by atoms with Crippen LogP contribution in [-0.2, 0) is 4.74 Å².